The van der Waals surface area contributed by atoms with Gasteiger partial charge in [0.15, 0.2) is 5.78 Å². The van der Waals surface area contributed by atoms with Gasteiger partial charge in [0.05, 0.1) is 11.4 Å². The first-order valence-electron chi connectivity index (χ1n) is 9.58. The normalized spacial score (nSPS) is 11.1. The molecular formula is C22H22N6OS. The van der Waals surface area contributed by atoms with Gasteiger partial charge in [-0.05, 0) is 79.6 Å². The molecule has 152 valence electrons. The highest BCUT2D eigenvalue weighted by atomic mass is 32.2. The summed E-state index contributed by atoms with van der Waals surface area (Å²) >= 11 is 1.33. The lowest BCUT2D eigenvalue weighted by Crippen LogP contribution is -2.07. The molecule has 0 atom stereocenters. The second-order valence-corrected chi connectivity index (χ2v) is 8.10. The first-order valence-corrected chi connectivity index (χ1v) is 10.6. The van der Waals surface area contributed by atoms with E-state index in [9.17, 15) is 4.79 Å². The molecule has 30 heavy (non-hydrogen) atoms. The molecule has 0 saturated heterocycles. The predicted molar refractivity (Wildman–Crippen MR) is 117 cm³/mol. The number of tetrazole rings is 1. The van der Waals surface area contributed by atoms with Crippen molar-refractivity contribution in [3.8, 4) is 11.5 Å². The average molecular weight is 419 g/mol. The Hall–Kier alpha value is -3.26. The Labute approximate surface area is 179 Å². The van der Waals surface area contributed by atoms with E-state index in [4.69, 9.17) is 0 Å². The van der Waals surface area contributed by atoms with E-state index in [0.717, 1.165) is 28.5 Å². The first-order chi connectivity index (χ1) is 14.5. The van der Waals surface area contributed by atoms with E-state index >= 15 is 0 Å². The molecule has 1 aromatic carbocycles. The van der Waals surface area contributed by atoms with E-state index in [1.807, 2.05) is 60.9 Å². The molecule has 0 N–H and O–H groups in total. The van der Waals surface area contributed by atoms with Gasteiger partial charge in [-0.1, -0.05) is 23.9 Å². The van der Waals surface area contributed by atoms with Crippen molar-refractivity contribution in [2.45, 2.75) is 32.9 Å². The van der Waals surface area contributed by atoms with Crippen LogP contribution in [0.3, 0.4) is 0 Å². The summed E-state index contributed by atoms with van der Waals surface area (Å²) in [5.74, 6) is 1.08. The largest absolute Gasteiger partial charge is 0.302 e. The van der Waals surface area contributed by atoms with Gasteiger partial charge in [-0.15, -0.1) is 5.10 Å². The molecule has 0 aliphatic heterocycles. The number of rotatable bonds is 6. The number of hydrogen-bond donors (Lipinski definition) is 0. The number of thioether (sulfide) groups is 1. The molecule has 0 saturated carbocycles. The van der Waals surface area contributed by atoms with Crippen molar-refractivity contribution in [2.24, 2.45) is 0 Å². The standard InChI is InChI=1S/C22H22N6OS/c1-14-8-9-18(11-15(14)2)28-22(24-25-26-28)30-13-20(29)19-12-16(3)27(17(19)4)21-7-5-6-10-23-21/h5-12H,13H2,1-4H3. The Morgan fingerprint density at radius 1 is 1.03 bits per heavy atom. The Kier molecular flexibility index (Phi) is 5.50. The van der Waals surface area contributed by atoms with Gasteiger partial charge in [0, 0.05) is 23.1 Å². The lowest BCUT2D eigenvalue weighted by molar-refractivity contribution is 0.102. The molecule has 8 heteroatoms. The fraction of sp³-hybridized carbons (Fsp3) is 0.227. The van der Waals surface area contributed by atoms with E-state index in [2.05, 4.69) is 34.4 Å². The number of nitrogens with zero attached hydrogens (tertiary/aromatic N) is 6. The van der Waals surface area contributed by atoms with Gasteiger partial charge in [0.2, 0.25) is 5.16 Å². The van der Waals surface area contributed by atoms with Gasteiger partial charge < -0.3 is 4.57 Å². The second kappa shape index (κ2) is 8.23. The minimum atomic E-state index is 0.0323. The van der Waals surface area contributed by atoms with Crippen LogP contribution in [0.4, 0.5) is 0 Å². The third kappa shape index (κ3) is 3.78. The summed E-state index contributed by atoms with van der Waals surface area (Å²) in [5, 5.41) is 12.6. The lowest BCUT2D eigenvalue weighted by Gasteiger charge is -2.08. The highest BCUT2D eigenvalue weighted by Gasteiger charge is 2.19. The summed E-state index contributed by atoms with van der Waals surface area (Å²) in [7, 11) is 0. The third-order valence-corrected chi connectivity index (χ3v) is 6.04. The van der Waals surface area contributed by atoms with Crippen LogP contribution in [0.2, 0.25) is 0 Å². The van der Waals surface area contributed by atoms with E-state index in [1.165, 1.54) is 17.3 Å². The first kappa shape index (κ1) is 20.0. The van der Waals surface area contributed by atoms with Crippen molar-refractivity contribution in [1.82, 2.24) is 29.8 Å². The topological polar surface area (TPSA) is 78.5 Å². The molecule has 0 spiro atoms. The Morgan fingerprint density at radius 2 is 1.87 bits per heavy atom. The zero-order valence-electron chi connectivity index (χ0n) is 17.3. The van der Waals surface area contributed by atoms with Crippen molar-refractivity contribution >= 4 is 17.5 Å². The van der Waals surface area contributed by atoms with E-state index in [-0.39, 0.29) is 11.5 Å². The van der Waals surface area contributed by atoms with E-state index in [1.54, 1.807) is 10.9 Å². The molecule has 0 aliphatic rings. The van der Waals surface area contributed by atoms with Crippen LogP contribution in [0.1, 0.15) is 32.9 Å². The Morgan fingerprint density at radius 3 is 2.60 bits per heavy atom. The third-order valence-electron chi connectivity index (χ3n) is 5.12. The minimum absolute atomic E-state index is 0.0323. The number of ketones is 1. The summed E-state index contributed by atoms with van der Waals surface area (Å²) < 4.78 is 3.67. The molecule has 0 fully saturated rings. The van der Waals surface area contributed by atoms with Crippen molar-refractivity contribution in [2.75, 3.05) is 5.75 Å². The summed E-state index contributed by atoms with van der Waals surface area (Å²) in [4.78, 5) is 17.4. The molecule has 7 nitrogen and oxygen atoms in total. The van der Waals surface area contributed by atoms with Crippen LogP contribution in [0.5, 0.6) is 0 Å². The van der Waals surface area contributed by atoms with Gasteiger partial charge in [-0.3, -0.25) is 4.79 Å². The summed E-state index contributed by atoms with van der Waals surface area (Å²) in [6, 6.07) is 13.7. The fourth-order valence-corrected chi connectivity index (χ4v) is 4.15. The number of carbonyl (C=O) groups excluding carboxylic acids is 1. The summed E-state index contributed by atoms with van der Waals surface area (Å²) in [5.41, 5.74) is 5.80. The highest BCUT2D eigenvalue weighted by molar-refractivity contribution is 7.99. The molecular weight excluding hydrogens is 396 g/mol. The van der Waals surface area contributed by atoms with Gasteiger partial charge in [0.25, 0.3) is 0 Å². The van der Waals surface area contributed by atoms with Crippen LogP contribution in [0.25, 0.3) is 11.5 Å². The molecule has 4 rings (SSSR count). The van der Waals surface area contributed by atoms with Crippen LogP contribution < -0.4 is 0 Å². The van der Waals surface area contributed by atoms with Crippen LogP contribution in [-0.4, -0.2) is 41.3 Å². The van der Waals surface area contributed by atoms with Gasteiger partial charge >= 0.3 is 0 Å². The van der Waals surface area contributed by atoms with Crippen molar-refractivity contribution in [1.29, 1.82) is 0 Å². The lowest BCUT2D eigenvalue weighted by atomic mass is 10.1. The van der Waals surface area contributed by atoms with E-state index in [0.29, 0.717) is 10.7 Å². The number of aromatic nitrogens is 6. The number of hydrogen-bond acceptors (Lipinski definition) is 6. The molecule has 3 aromatic heterocycles. The van der Waals surface area contributed by atoms with Crippen LogP contribution in [-0.2, 0) is 0 Å². The monoisotopic (exact) mass is 418 g/mol. The zero-order valence-corrected chi connectivity index (χ0v) is 18.1. The minimum Gasteiger partial charge on any atom is -0.302 e. The van der Waals surface area contributed by atoms with Crippen LogP contribution in [0.15, 0.2) is 53.8 Å². The number of Topliss-reactive ketones (excluding diaryl/α,β-unsaturated/α-hetero) is 1. The second-order valence-electron chi connectivity index (χ2n) is 7.16. The predicted octanol–water partition coefficient (Wildman–Crippen LogP) is 4.06. The number of pyridine rings is 1. The van der Waals surface area contributed by atoms with Gasteiger partial charge in [-0.25, -0.2) is 4.98 Å². The number of benzene rings is 1. The molecule has 0 unspecified atom stereocenters. The summed E-state index contributed by atoms with van der Waals surface area (Å²) in [6.45, 7) is 8.04. The molecule has 0 amide bonds. The summed E-state index contributed by atoms with van der Waals surface area (Å²) in [6.07, 6.45) is 1.75. The molecule has 0 radical (unpaired) electrons. The molecule has 4 aromatic rings. The van der Waals surface area contributed by atoms with Crippen molar-refractivity contribution < 1.29 is 4.79 Å². The van der Waals surface area contributed by atoms with E-state index < -0.39 is 0 Å². The molecule has 0 aliphatic carbocycles. The Bertz CT molecular complexity index is 1210. The van der Waals surface area contributed by atoms with Crippen LogP contribution >= 0.6 is 11.8 Å². The smallest absolute Gasteiger partial charge is 0.214 e. The van der Waals surface area contributed by atoms with Crippen molar-refractivity contribution in [3.63, 3.8) is 0 Å². The fourth-order valence-electron chi connectivity index (χ4n) is 3.38. The van der Waals surface area contributed by atoms with Crippen LogP contribution in [0, 0.1) is 27.7 Å². The maximum absolute atomic E-state index is 13.0. The zero-order chi connectivity index (χ0) is 21.3. The highest BCUT2D eigenvalue weighted by Crippen LogP contribution is 2.24. The maximum Gasteiger partial charge on any atom is 0.214 e. The maximum atomic E-state index is 13.0. The Balaban J connectivity index is 1.54. The van der Waals surface area contributed by atoms with Gasteiger partial charge in [-0.2, -0.15) is 4.68 Å². The molecule has 3 heterocycles. The number of carbonyl (C=O) groups is 1. The quantitative estimate of drug-likeness (QED) is 0.347. The van der Waals surface area contributed by atoms with Crippen molar-refractivity contribution in [3.05, 3.63) is 76.7 Å². The average Bonchev–Trinajstić information content (AvgIpc) is 3.33. The SMILES string of the molecule is Cc1ccc(-n2nnnc2SCC(=O)c2cc(C)n(-c3ccccn3)c2C)cc1C. The number of aryl methyl sites for hydroxylation is 3. The molecule has 0 bridgehead atoms. The van der Waals surface area contributed by atoms with Gasteiger partial charge in [0.1, 0.15) is 5.82 Å².